The molecule has 2 heterocycles. The second-order valence-electron chi connectivity index (χ2n) is 5.95. The molecule has 118 valence electrons. The van der Waals surface area contributed by atoms with Gasteiger partial charge in [-0.1, -0.05) is 17.7 Å². The predicted molar refractivity (Wildman–Crippen MR) is 86.0 cm³/mol. The van der Waals surface area contributed by atoms with Gasteiger partial charge in [0.1, 0.15) is 5.92 Å². The molecule has 5 nitrogen and oxygen atoms in total. The molecule has 22 heavy (non-hydrogen) atoms. The van der Waals surface area contributed by atoms with Gasteiger partial charge in [0.05, 0.1) is 0 Å². The maximum Gasteiger partial charge on any atom is 0.239 e. The summed E-state index contributed by atoms with van der Waals surface area (Å²) in [5, 5.41) is 3.90. The second-order valence-corrected chi connectivity index (χ2v) is 6.39. The fraction of sp³-hybridized carbons (Fsp3) is 0.500. The normalized spacial score (nSPS) is 25.6. The van der Waals surface area contributed by atoms with Crippen molar-refractivity contribution in [2.24, 2.45) is 5.92 Å². The van der Waals surface area contributed by atoms with Gasteiger partial charge in [-0.3, -0.25) is 9.59 Å². The molecular formula is C16H20ClN3O2. The summed E-state index contributed by atoms with van der Waals surface area (Å²) in [7, 11) is 0. The molecule has 2 amide bonds. The maximum absolute atomic E-state index is 12.6. The Morgan fingerprint density at radius 3 is 2.91 bits per heavy atom. The summed E-state index contributed by atoms with van der Waals surface area (Å²) >= 11 is 5.99. The molecule has 2 aliphatic heterocycles. The lowest BCUT2D eigenvalue weighted by atomic mass is 10.1. The zero-order valence-electron chi connectivity index (χ0n) is 12.6. The van der Waals surface area contributed by atoms with E-state index in [1.165, 1.54) is 0 Å². The molecule has 2 fully saturated rings. The minimum atomic E-state index is -0.552. The van der Waals surface area contributed by atoms with E-state index in [4.69, 9.17) is 11.6 Å². The minimum absolute atomic E-state index is 0.0390. The maximum atomic E-state index is 12.6. The van der Waals surface area contributed by atoms with E-state index < -0.39 is 5.92 Å². The Bertz CT molecular complexity index is 593. The first-order valence-corrected chi connectivity index (χ1v) is 8.03. The Kier molecular flexibility index (Phi) is 4.36. The van der Waals surface area contributed by atoms with Crippen LogP contribution in [0.4, 0.5) is 5.69 Å². The molecule has 3 rings (SSSR count). The summed E-state index contributed by atoms with van der Waals surface area (Å²) in [4.78, 5) is 28.7. The Hall–Kier alpha value is -1.59. The van der Waals surface area contributed by atoms with Crippen LogP contribution in [0.3, 0.4) is 0 Å². The quantitative estimate of drug-likeness (QED) is 0.840. The van der Waals surface area contributed by atoms with Crippen molar-refractivity contribution in [1.29, 1.82) is 0 Å². The summed E-state index contributed by atoms with van der Waals surface area (Å²) in [6, 6.07) is 7.48. The van der Waals surface area contributed by atoms with Gasteiger partial charge in [0.15, 0.2) is 0 Å². The number of amides is 2. The van der Waals surface area contributed by atoms with E-state index in [2.05, 4.69) is 5.32 Å². The van der Waals surface area contributed by atoms with Gasteiger partial charge in [-0.15, -0.1) is 0 Å². The molecule has 2 saturated heterocycles. The zero-order chi connectivity index (χ0) is 15.7. The Labute approximate surface area is 135 Å². The van der Waals surface area contributed by atoms with Crippen molar-refractivity contribution < 1.29 is 9.59 Å². The van der Waals surface area contributed by atoms with Crippen LogP contribution in [0, 0.1) is 5.92 Å². The number of benzene rings is 1. The van der Waals surface area contributed by atoms with Crippen LogP contribution in [-0.4, -0.2) is 48.9 Å². The average molecular weight is 322 g/mol. The average Bonchev–Trinajstić information content (AvgIpc) is 2.88. The minimum Gasteiger partial charge on any atom is -0.339 e. The Morgan fingerprint density at radius 2 is 2.18 bits per heavy atom. The van der Waals surface area contributed by atoms with Crippen molar-refractivity contribution in [3.05, 3.63) is 29.3 Å². The van der Waals surface area contributed by atoms with Gasteiger partial charge in [0, 0.05) is 42.9 Å². The molecule has 1 aromatic carbocycles. The van der Waals surface area contributed by atoms with E-state index in [9.17, 15) is 9.59 Å². The molecule has 1 aromatic rings. The fourth-order valence-corrected chi connectivity index (χ4v) is 3.35. The van der Waals surface area contributed by atoms with Crippen LogP contribution in [0.25, 0.3) is 0 Å². The first kappa shape index (κ1) is 15.3. The van der Waals surface area contributed by atoms with Crippen LogP contribution < -0.4 is 10.2 Å². The van der Waals surface area contributed by atoms with Gasteiger partial charge in [0.25, 0.3) is 0 Å². The van der Waals surface area contributed by atoms with E-state index >= 15 is 0 Å². The molecule has 2 atom stereocenters. The number of hydrogen-bond donors (Lipinski definition) is 1. The third kappa shape index (κ3) is 2.96. The molecule has 0 spiro atoms. The lowest BCUT2D eigenvalue weighted by Crippen LogP contribution is -2.53. The Morgan fingerprint density at radius 1 is 1.36 bits per heavy atom. The highest BCUT2D eigenvalue weighted by molar-refractivity contribution is 6.31. The number of nitrogens with zero attached hydrogens (tertiary/aromatic N) is 2. The third-order valence-corrected chi connectivity index (χ3v) is 4.54. The largest absolute Gasteiger partial charge is 0.339 e. The van der Waals surface area contributed by atoms with Crippen molar-refractivity contribution in [3.8, 4) is 0 Å². The van der Waals surface area contributed by atoms with Gasteiger partial charge in [-0.25, -0.2) is 0 Å². The number of piperazine rings is 1. The van der Waals surface area contributed by atoms with E-state index in [0.29, 0.717) is 31.1 Å². The second kappa shape index (κ2) is 6.26. The molecule has 0 radical (unpaired) electrons. The van der Waals surface area contributed by atoms with Crippen LogP contribution in [0.1, 0.15) is 13.3 Å². The molecule has 0 aromatic heterocycles. The third-order valence-electron chi connectivity index (χ3n) is 4.30. The number of carbonyl (C=O) groups is 2. The molecule has 0 bridgehead atoms. The van der Waals surface area contributed by atoms with Crippen LogP contribution in [0.5, 0.6) is 0 Å². The molecule has 1 N–H and O–H groups in total. The number of rotatable bonds is 2. The highest BCUT2D eigenvalue weighted by atomic mass is 35.5. The van der Waals surface area contributed by atoms with Crippen molar-refractivity contribution in [2.45, 2.75) is 19.4 Å². The van der Waals surface area contributed by atoms with E-state index in [1.54, 1.807) is 17.0 Å². The Balaban J connectivity index is 1.72. The summed E-state index contributed by atoms with van der Waals surface area (Å²) in [6.07, 6.45) is 0.572. The van der Waals surface area contributed by atoms with Gasteiger partial charge < -0.3 is 15.1 Å². The molecular weight excluding hydrogens is 302 g/mol. The number of anilines is 1. The highest BCUT2D eigenvalue weighted by Gasteiger charge is 2.40. The summed E-state index contributed by atoms with van der Waals surface area (Å²) in [6.45, 7) is 4.74. The van der Waals surface area contributed by atoms with Crippen LogP contribution in [0.2, 0.25) is 5.02 Å². The summed E-state index contributed by atoms with van der Waals surface area (Å²) in [5.41, 5.74) is 0.765. The van der Waals surface area contributed by atoms with Gasteiger partial charge in [-0.2, -0.15) is 0 Å². The smallest absolute Gasteiger partial charge is 0.239 e. The molecule has 0 aliphatic carbocycles. The van der Waals surface area contributed by atoms with E-state index in [-0.39, 0.29) is 17.9 Å². The van der Waals surface area contributed by atoms with Crippen LogP contribution in [-0.2, 0) is 9.59 Å². The number of nitrogens with one attached hydrogen (secondary N) is 1. The van der Waals surface area contributed by atoms with Gasteiger partial charge >= 0.3 is 0 Å². The van der Waals surface area contributed by atoms with Gasteiger partial charge in [0.2, 0.25) is 11.8 Å². The van der Waals surface area contributed by atoms with Crippen molar-refractivity contribution in [3.63, 3.8) is 0 Å². The molecule has 6 heteroatoms. The molecule has 2 aliphatic rings. The van der Waals surface area contributed by atoms with E-state index in [1.807, 2.05) is 24.0 Å². The number of halogens is 1. The standard InChI is InChI=1S/C16H20ClN3O2/c1-11-10-19(8-6-18-11)15(21)14-5-7-20(16(14)22)13-4-2-3-12(17)9-13/h2-4,9,11,14,18H,5-8,10H2,1H3/t11-,14+/m0/s1. The lowest BCUT2D eigenvalue weighted by molar-refractivity contribution is -0.140. The zero-order valence-corrected chi connectivity index (χ0v) is 13.3. The topological polar surface area (TPSA) is 52.7 Å². The highest BCUT2D eigenvalue weighted by Crippen LogP contribution is 2.28. The van der Waals surface area contributed by atoms with Crippen LogP contribution in [0.15, 0.2) is 24.3 Å². The van der Waals surface area contributed by atoms with Gasteiger partial charge in [-0.05, 0) is 31.5 Å². The number of hydrogen-bond acceptors (Lipinski definition) is 3. The first-order chi connectivity index (χ1) is 10.6. The van der Waals surface area contributed by atoms with Crippen molar-refractivity contribution in [2.75, 3.05) is 31.1 Å². The summed E-state index contributed by atoms with van der Waals surface area (Å²) in [5.74, 6) is -0.703. The van der Waals surface area contributed by atoms with Crippen LogP contribution >= 0.6 is 11.6 Å². The molecule has 0 unspecified atom stereocenters. The first-order valence-electron chi connectivity index (χ1n) is 7.65. The summed E-state index contributed by atoms with van der Waals surface area (Å²) < 4.78 is 0. The fourth-order valence-electron chi connectivity index (χ4n) is 3.16. The SMILES string of the molecule is C[C@H]1CN(C(=O)[C@H]2CCN(c3cccc(Cl)c3)C2=O)CCN1. The van der Waals surface area contributed by atoms with Crippen molar-refractivity contribution in [1.82, 2.24) is 10.2 Å². The van der Waals surface area contributed by atoms with Crippen molar-refractivity contribution >= 4 is 29.1 Å². The number of carbonyl (C=O) groups excluding carboxylic acids is 2. The molecule has 0 saturated carbocycles. The van der Waals surface area contributed by atoms with E-state index in [0.717, 1.165) is 12.2 Å². The monoisotopic (exact) mass is 321 g/mol. The predicted octanol–water partition coefficient (Wildman–Crippen LogP) is 1.51. The lowest BCUT2D eigenvalue weighted by Gasteiger charge is -2.33.